The highest BCUT2D eigenvalue weighted by molar-refractivity contribution is 6.97. The second-order valence-corrected chi connectivity index (χ2v) is 17.6. The van der Waals surface area contributed by atoms with Gasteiger partial charge in [0.15, 0.2) is 0 Å². The smallest absolute Gasteiger partial charge is 0.0965 e. The van der Waals surface area contributed by atoms with Gasteiger partial charge in [-0.25, -0.2) is 0 Å². The van der Waals surface area contributed by atoms with Crippen molar-refractivity contribution in [3.05, 3.63) is 88.5 Å². The topological polar surface area (TPSA) is 48.8 Å². The molecule has 2 aliphatic carbocycles. The molecule has 3 nitrogen and oxygen atoms in total. The number of rotatable bonds is 10. The number of hydrogen-bond donors (Lipinski definition) is 0. The number of azide groups is 1. The summed E-state index contributed by atoms with van der Waals surface area (Å²) in [4.78, 5) is 3.32. The Morgan fingerprint density at radius 3 is 2.53 bits per heavy atom. The second kappa shape index (κ2) is 11.2. The third kappa shape index (κ3) is 4.66. The van der Waals surface area contributed by atoms with Crippen molar-refractivity contribution in [3.63, 3.8) is 0 Å². The third-order valence-electron chi connectivity index (χ3n) is 8.29. The van der Waals surface area contributed by atoms with Gasteiger partial charge >= 0.3 is 0 Å². The minimum atomic E-state index is -2.32. The summed E-state index contributed by atoms with van der Waals surface area (Å²) in [6.45, 7) is 9.70. The quantitative estimate of drug-likeness (QED) is 0.148. The Morgan fingerprint density at radius 1 is 1.16 bits per heavy atom. The highest BCUT2D eigenvalue weighted by Crippen LogP contribution is 2.56. The van der Waals surface area contributed by atoms with E-state index < -0.39 is 16.9 Å². The standard InChI is InChI=1S/C27H39N3Si2/c1-5-21-27(3,6-2)32(22-29-30-28,24-17-11-8-12-18-24)26-20-14-13-19-25(26)31(4)23-15-9-7-10-16-23/h7-9,11-15,17-20,25-26,31H,5-6,10,16,21-22H2,1-4H3. The van der Waals surface area contributed by atoms with E-state index in [-0.39, 0.29) is 5.04 Å². The van der Waals surface area contributed by atoms with Crippen molar-refractivity contribution in [2.24, 2.45) is 5.11 Å². The van der Waals surface area contributed by atoms with E-state index >= 15 is 0 Å². The van der Waals surface area contributed by atoms with E-state index in [1.54, 1.807) is 5.20 Å². The molecule has 0 bridgehead atoms. The molecule has 1 aromatic rings. The van der Waals surface area contributed by atoms with Crippen molar-refractivity contribution < 1.29 is 0 Å². The first-order valence-electron chi connectivity index (χ1n) is 12.3. The highest BCUT2D eigenvalue weighted by Gasteiger charge is 2.56. The van der Waals surface area contributed by atoms with Crippen LogP contribution in [0.25, 0.3) is 10.4 Å². The van der Waals surface area contributed by atoms with Crippen molar-refractivity contribution >= 4 is 22.1 Å². The van der Waals surface area contributed by atoms with Gasteiger partial charge in [-0.2, -0.15) is 0 Å². The maximum Gasteiger partial charge on any atom is 0.105 e. The molecule has 0 radical (unpaired) electrons. The minimum absolute atomic E-state index is 0.157. The van der Waals surface area contributed by atoms with Gasteiger partial charge in [0.2, 0.25) is 0 Å². The molecule has 32 heavy (non-hydrogen) atoms. The Hall–Kier alpha value is -2.08. The van der Waals surface area contributed by atoms with Crippen molar-refractivity contribution in [1.29, 1.82) is 0 Å². The molecule has 170 valence electrons. The van der Waals surface area contributed by atoms with Crippen LogP contribution in [0.4, 0.5) is 0 Å². The summed E-state index contributed by atoms with van der Waals surface area (Å²) in [6.07, 6.45) is 22.9. The van der Waals surface area contributed by atoms with Crippen LogP contribution in [-0.4, -0.2) is 23.0 Å². The van der Waals surface area contributed by atoms with Crippen LogP contribution in [0.3, 0.4) is 0 Å². The lowest BCUT2D eigenvalue weighted by Crippen LogP contribution is -2.64. The Balaban J connectivity index is 2.23. The molecule has 0 heterocycles. The lowest BCUT2D eigenvalue weighted by Gasteiger charge is -2.54. The number of hydrogen-bond acceptors (Lipinski definition) is 1. The van der Waals surface area contributed by atoms with Crippen LogP contribution < -0.4 is 5.19 Å². The van der Waals surface area contributed by atoms with Gasteiger partial charge in [0, 0.05) is 11.1 Å². The summed E-state index contributed by atoms with van der Waals surface area (Å²) in [5.41, 5.74) is 10.5. The van der Waals surface area contributed by atoms with E-state index in [1.807, 2.05) is 0 Å². The van der Waals surface area contributed by atoms with Gasteiger partial charge < -0.3 is 0 Å². The zero-order chi connectivity index (χ0) is 23.0. The van der Waals surface area contributed by atoms with Crippen molar-refractivity contribution in [3.8, 4) is 0 Å². The molecule has 0 amide bonds. The molecule has 0 aromatic heterocycles. The van der Waals surface area contributed by atoms with E-state index in [0.29, 0.717) is 17.3 Å². The fraction of sp³-hybridized carbons (Fsp3) is 0.481. The van der Waals surface area contributed by atoms with Crippen molar-refractivity contribution in [1.82, 2.24) is 0 Å². The van der Waals surface area contributed by atoms with Crippen LogP contribution in [0.2, 0.25) is 22.7 Å². The molecule has 5 atom stereocenters. The van der Waals surface area contributed by atoms with E-state index in [0.717, 1.165) is 12.8 Å². The molecule has 0 saturated carbocycles. The molecule has 0 saturated heterocycles. The average molecular weight is 462 g/mol. The van der Waals surface area contributed by atoms with Gasteiger partial charge in [-0.3, -0.25) is 0 Å². The molecular formula is C27H39N3Si2. The van der Waals surface area contributed by atoms with Gasteiger partial charge in [-0.05, 0) is 34.5 Å². The van der Waals surface area contributed by atoms with E-state index in [9.17, 15) is 5.53 Å². The zero-order valence-corrected chi connectivity index (χ0v) is 22.4. The zero-order valence-electron chi connectivity index (χ0n) is 20.2. The Bertz CT molecular complexity index is 929. The van der Waals surface area contributed by atoms with E-state index in [4.69, 9.17) is 0 Å². The van der Waals surface area contributed by atoms with Crippen LogP contribution >= 0.6 is 0 Å². The molecule has 3 rings (SSSR count). The number of nitrogens with zero attached hydrogens (tertiary/aromatic N) is 3. The lowest BCUT2D eigenvalue weighted by atomic mass is 10.0. The van der Waals surface area contributed by atoms with Crippen LogP contribution in [0.5, 0.6) is 0 Å². The minimum Gasteiger partial charge on any atom is -0.0965 e. The van der Waals surface area contributed by atoms with Gasteiger partial charge in [-0.1, -0.05) is 135 Å². The SMILES string of the molecule is CCCC(C)(CC)[Si](CN=[N+]=[N-])(c1ccccc1)C1C=CC=CC1[SiH](C)C1=CC=CCC1. The third-order valence-corrected chi connectivity index (χ3v) is 18.6. The monoisotopic (exact) mass is 461 g/mol. The first kappa shape index (κ1) is 24.6. The fourth-order valence-electron chi connectivity index (χ4n) is 6.32. The molecule has 0 fully saturated rings. The Kier molecular flexibility index (Phi) is 8.58. The second-order valence-electron chi connectivity index (χ2n) is 9.76. The predicted molar refractivity (Wildman–Crippen MR) is 145 cm³/mol. The normalized spacial score (nSPS) is 24.7. The van der Waals surface area contributed by atoms with Crippen molar-refractivity contribution in [2.45, 2.75) is 75.5 Å². The summed E-state index contributed by atoms with van der Waals surface area (Å²) in [6, 6.07) is 11.1. The fourth-order valence-corrected chi connectivity index (χ4v) is 17.2. The maximum atomic E-state index is 9.46. The maximum absolute atomic E-state index is 9.46. The highest BCUT2D eigenvalue weighted by atomic mass is 28.3. The lowest BCUT2D eigenvalue weighted by molar-refractivity contribution is 0.500. The molecule has 0 aliphatic heterocycles. The van der Waals surface area contributed by atoms with Gasteiger partial charge in [0.05, 0.1) is 8.80 Å². The van der Waals surface area contributed by atoms with Gasteiger partial charge in [0.25, 0.3) is 0 Å². The number of benzene rings is 1. The van der Waals surface area contributed by atoms with Crippen LogP contribution in [-0.2, 0) is 0 Å². The molecule has 5 heteroatoms. The predicted octanol–water partition coefficient (Wildman–Crippen LogP) is 7.70. The van der Waals surface area contributed by atoms with Crippen LogP contribution in [0, 0.1) is 0 Å². The Labute approximate surface area is 197 Å². The summed E-state index contributed by atoms with van der Waals surface area (Å²) in [7, 11) is -3.54. The first-order valence-corrected chi connectivity index (χ1v) is 17.0. The summed E-state index contributed by atoms with van der Waals surface area (Å²) in [5.74, 6) is 0. The number of allylic oxidation sites excluding steroid dienone is 8. The molecular weight excluding hydrogens is 422 g/mol. The van der Waals surface area contributed by atoms with E-state index in [2.05, 4.69) is 110 Å². The van der Waals surface area contributed by atoms with Gasteiger partial charge in [-0.15, -0.1) is 0 Å². The molecule has 1 aromatic carbocycles. The Morgan fingerprint density at radius 2 is 1.91 bits per heavy atom. The molecule has 0 N–H and O–H groups in total. The molecule has 0 spiro atoms. The molecule has 2 aliphatic rings. The van der Waals surface area contributed by atoms with E-state index in [1.165, 1.54) is 24.4 Å². The molecule has 5 unspecified atom stereocenters. The van der Waals surface area contributed by atoms with Crippen LogP contribution in [0.1, 0.15) is 52.9 Å². The summed E-state index contributed by atoms with van der Waals surface area (Å²) >= 11 is 0. The average Bonchev–Trinajstić information content (AvgIpc) is 2.85. The first-order chi connectivity index (χ1) is 15.5. The summed E-state index contributed by atoms with van der Waals surface area (Å²) < 4.78 is 0. The van der Waals surface area contributed by atoms with Crippen molar-refractivity contribution in [2.75, 3.05) is 6.17 Å². The van der Waals surface area contributed by atoms with Gasteiger partial charge in [0.1, 0.15) is 8.07 Å². The van der Waals surface area contributed by atoms with Crippen LogP contribution in [0.15, 0.2) is 83.2 Å². The summed E-state index contributed by atoms with van der Waals surface area (Å²) in [5, 5.41) is 7.68. The largest absolute Gasteiger partial charge is 0.105 e.